The highest BCUT2D eigenvalue weighted by atomic mass is 19.4. The van der Waals surface area contributed by atoms with E-state index in [4.69, 9.17) is 4.74 Å². The highest BCUT2D eigenvalue weighted by Gasteiger charge is 2.33. The Labute approximate surface area is 158 Å². The summed E-state index contributed by atoms with van der Waals surface area (Å²) in [6.07, 6.45) is -5.39. The fourth-order valence-electron chi connectivity index (χ4n) is 2.84. The number of ether oxygens (including phenoxy) is 1. The number of rotatable bonds is 5. The molecule has 148 valence electrons. The summed E-state index contributed by atoms with van der Waals surface area (Å²) >= 11 is 0. The maximum Gasteiger partial charge on any atom is 0.416 e. The number of anilines is 1. The number of benzene rings is 2. The molecule has 0 aliphatic rings. The van der Waals surface area contributed by atoms with E-state index in [0.29, 0.717) is 5.69 Å². The summed E-state index contributed by atoms with van der Waals surface area (Å²) in [6, 6.07) is 10.00. The van der Waals surface area contributed by atoms with Gasteiger partial charge in [0.2, 0.25) is 0 Å². The molecule has 1 aromatic heterocycles. The normalized spacial score (nSPS) is 12.8. The van der Waals surface area contributed by atoms with Crippen molar-refractivity contribution in [1.82, 2.24) is 9.55 Å². The minimum absolute atomic E-state index is 0.00836. The molecular weight excluding hydrogens is 375 g/mol. The van der Waals surface area contributed by atoms with Gasteiger partial charge in [-0.3, -0.25) is 4.57 Å². The zero-order valence-electron chi connectivity index (χ0n) is 15.1. The number of halogens is 3. The Hall–Kier alpha value is -3.07. The maximum absolute atomic E-state index is 13.4. The van der Waals surface area contributed by atoms with Crippen molar-refractivity contribution in [2.24, 2.45) is 0 Å². The second-order valence-corrected chi connectivity index (χ2v) is 6.21. The van der Waals surface area contributed by atoms with Crippen LogP contribution in [0.3, 0.4) is 0 Å². The summed E-state index contributed by atoms with van der Waals surface area (Å²) in [5.41, 5.74) is -1.35. The molecule has 28 heavy (non-hydrogen) atoms. The molecule has 1 unspecified atom stereocenters. The SMILES string of the molecule is COc1cc(C(F)(F)F)cc2c1c(NCC(C)O)nc(=O)n2-c1ccccc1. The molecule has 0 saturated heterocycles. The van der Waals surface area contributed by atoms with Crippen LogP contribution in [-0.4, -0.2) is 34.4 Å². The van der Waals surface area contributed by atoms with Crippen LogP contribution >= 0.6 is 0 Å². The van der Waals surface area contributed by atoms with E-state index in [1.165, 1.54) is 14.0 Å². The molecule has 0 saturated carbocycles. The number of aliphatic hydroxyl groups excluding tert-OH is 1. The number of aliphatic hydroxyl groups is 1. The van der Waals surface area contributed by atoms with Gasteiger partial charge in [-0.15, -0.1) is 0 Å². The van der Waals surface area contributed by atoms with Crippen LogP contribution in [0.2, 0.25) is 0 Å². The van der Waals surface area contributed by atoms with Gasteiger partial charge in [0.1, 0.15) is 11.6 Å². The van der Waals surface area contributed by atoms with Crippen molar-refractivity contribution in [3.63, 3.8) is 0 Å². The molecule has 0 amide bonds. The highest BCUT2D eigenvalue weighted by Crippen LogP contribution is 2.38. The van der Waals surface area contributed by atoms with E-state index in [2.05, 4.69) is 10.3 Å². The second kappa shape index (κ2) is 7.51. The third-order valence-corrected chi connectivity index (χ3v) is 4.08. The average Bonchev–Trinajstić information content (AvgIpc) is 2.64. The van der Waals surface area contributed by atoms with E-state index in [9.17, 15) is 23.1 Å². The smallest absolute Gasteiger partial charge is 0.416 e. The average molecular weight is 393 g/mol. The van der Waals surface area contributed by atoms with Gasteiger partial charge in [-0.2, -0.15) is 18.2 Å². The first kappa shape index (κ1) is 19.7. The van der Waals surface area contributed by atoms with Gasteiger partial charge < -0.3 is 15.2 Å². The number of hydrogen-bond acceptors (Lipinski definition) is 5. The number of alkyl halides is 3. The summed E-state index contributed by atoms with van der Waals surface area (Å²) in [5, 5.41) is 12.5. The van der Waals surface area contributed by atoms with Crippen LogP contribution in [0.1, 0.15) is 12.5 Å². The second-order valence-electron chi connectivity index (χ2n) is 6.21. The van der Waals surface area contributed by atoms with Gasteiger partial charge in [0.05, 0.1) is 35.4 Å². The lowest BCUT2D eigenvalue weighted by Crippen LogP contribution is -2.26. The van der Waals surface area contributed by atoms with Gasteiger partial charge in [0.25, 0.3) is 0 Å². The molecule has 3 aromatic rings. The number of hydrogen-bond donors (Lipinski definition) is 2. The standard InChI is InChI=1S/C19H18F3N3O3/c1-11(26)10-23-17-16-14(8-12(19(20,21)22)9-15(16)28-2)25(18(27)24-17)13-6-4-3-5-7-13/h3-9,11,26H,10H2,1-2H3,(H,23,24,27). The molecule has 0 radical (unpaired) electrons. The molecule has 0 aliphatic carbocycles. The quantitative estimate of drug-likeness (QED) is 0.696. The number of nitrogens with zero attached hydrogens (tertiary/aromatic N) is 2. The molecule has 0 aliphatic heterocycles. The molecule has 9 heteroatoms. The van der Waals surface area contributed by atoms with E-state index < -0.39 is 23.5 Å². The van der Waals surface area contributed by atoms with Gasteiger partial charge in [-0.25, -0.2) is 4.79 Å². The van der Waals surface area contributed by atoms with Crippen molar-refractivity contribution in [2.45, 2.75) is 19.2 Å². The van der Waals surface area contributed by atoms with Crippen LogP contribution in [0.4, 0.5) is 19.0 Å². The van der Waals surface area contributed by atoms with Crippen molar-refractivity contribution in [1.29, 1.82) is 0 Å². The van der Waals surface area contributed by atoms with Gasteiger partial charge >= 0.3 is 11.9 Å². The third-order valence-electron chi connectivity index (χ3n) is 4.08. The first-order chi connectivity index (χ1) is 13.2. The largest absolute Gasteiger partial charge is 0.496 e. The lowest BCUT2D eigenvalue weighted by molar-refractivity contribution is -0.137. The van der Waals surface area contributed by atoms with E-state index in [-0.39, 0.29) is 29.0 Å². The van der Waals surface area contributed by atoms with Crippen molar-refractivity contribution in [2.75, 3.05) is 19.0 Å². The summed E-state index contributed by atoms with van der Waals surface area (Å²) in [5.74, 6) is -0.0474. The monoisotopic (exact) mass is 393 g/mol. The molecule has 3 rings (SSSR count). The topological polar surface area (TPSA) is 76.4 Å². The Kier molecular flexibility index (Phi) is 5.28. The molecule has 6 nitrogen and oxygen atoms in total. The van der Waals surface area contributed by atoms with Gasteiger partial charge in [-0.1, -0.05) is 18.2 Å². The minimum Gasteiger partial charge on any atom is -0.496 e. The first-order valence-electron chi connectivity index (χ1n) is 8.41. The predicted molar refractivity (Wildman–Crippen MR) is 99.1 cm³/mol. The fourth-order valence-corrected chi connectivity index (χ4v) is 2.84. The summed E-state index contributed by atoms with van der Waals surface area (Å²) < 4.78 is 46.5. The molecule has 0 fully saturated rings. The lowest BCUT2D eigenvalue weighted by Gasteiger charge is -2.18. The maximum atomic E-state index is 13.4. The van der Waals surface area contributed by atoms with Gasteiger partial charge in [0, 0.05) is 6.54 Å². The van der Waals surface area contributed by atoms with Crippen LogP contribution < -0.4 is 15.7 Å². The van der Waals surface area contributed by atoms with Gasteiger partial charge in [-0.05, 0) is 31.2 Å². The molecule has 1 atom stereocenters. The Morgan fingerprint density at radius 2 is 1.93 bits per heavy atom. The Bertz CT molecular complexity index is 1050. The van der Waals surface area contributed by atoms with Crippen LogP contribution in [0.5, 0.6) is 5.75 Å². The molecule has 0 bridgehead atoms. The molecule has 0 spiro atoms. The van der Waals surface area contributed by atoms with Gasteiger partial charge in [0.15, 0.2) is 0 Å². The number of nitrogens with one attached hydrogen (secondary N) is 1. The first-order valence-corrected chi connectivity index (χ1v) is 8.41. The number of methoxy groups -OCH3 is 1. The molecule has 1 heterocycles. The van der Waals surface area contributed by atoms with Crippen molar-refractivity contribution >= 4 is 16.7 Å². The Morgan fingerprint density at radius 1 is 1.25 bits per heavy atom. The van der Waals surface area contributed by atoms with Crippen LogP contribution in [0, 0.1) is 0 Å². The summed E-state index contributed by atoms with van der Waals surface area (Å²) in [4.78, 5) is 16.7. The predicted octanol–water partition coefficient (Wildman–Crippen LogP) is 3.21. The van der Waals surface area contributed by atoms with Crippen LogP contribution in [-0.2, 0) is 6.18 Å². The van der Waals surface area contributed by atoms with Crippen molar-refractivity contribution < 1.29 is 23.0 Å². The van der Waals surface area contributed by atoms with E-state index in [1.54, 1.807) is 30.3 Å². The van der Waals surface area contributed by atoms with Crippen LogP contribution in [0.25, 0.3) is 16.6 Å². The van der Waals surface area contributed by atoms with Crippen molar-refractivity contribution in [3.8, 4) is 11.4 Å². The van der Waals surface area contributed by atoms with E-state index >= 15 is 0 Å². The zero-order chi connectivity index (χ0) is 20.5. The van der Waals surface area contributed by atoms with Crippen molar-refractivity contribution in [3.05, 3.63) is 58.5 Å². The molecule has 2 aromatic carbocycles. The van der Waals surface area contributed by atoms with E-state index in [0.717, 1.165) is 16.7 Å². The number of para-hydroxylation sites is 1. The molecule has 2 N–H and O–H groups in total. The third kappa shape index (κ3) is 3.79. The minimum atomic E-state index is -4.63. The highest BCUT2D eigenvalue weighted by molar-refractivity contribution is 5.96. The summed E-state index contributed by atoms with van der Waals surface area (Å²) in [7, 11) is 1.24. The number of fused-ring (bicyclic) bond motifs is 1. The van der Waals surface area contributed by atoms with E-state index in [1.807, 2.05) is 0 Å². The fraction of sp³-hybridized carbons (Fsp3) is 0.263. The van der Waals surface area contributed by atoms with Crippen LogP contribution in [0.15, 0.2) is 47.3 Å². The molecular formula is C19H18F3N3O3. The lowest BCUT2D eigenvalue weighted by atomic mass is 10.1. The zero-order valence-corrected chi connectivity index (χ0v) is 15.1. The summed E-state index contributed by atoms with van der Waals surface area (Å²) in [6.45, 7) is 1.58. The Balaban J connectivity index is 2.41. The number of aromatic nitrogens is 2. The Morgan fingerprint density at radius 3 is 2.50 bits per heavy atom.